The molecule has 142 valence electrons. The summed E-state index contributed by atoms with van der Waals surface area (Å²) in [5.74, 6) is 2.05. The number of hydrogen-bond acceptors (Lipinski definition) is 3. The molecule has 1 fully saturated rings. The third-order valence-electron chi connectivity index (χ3n) is 6.00. The van der Waals surface area contributed by atoms with Crippen molar-refractivity contribution in [2.75, 3.05) is 5.32 Å². The molecule has 1 amide bonds. The second kappa shape index (κ2) is 6.89. The Morgan fingerprint density at radius 1 is 0.964 bits per heavy atom. The summed E-state index contributed by atoms with van der Waals surface area (Å²) in [5.41, 5.74) is 2.55. The first-order valence-electron chi connectivity index (χ1n) is 10.2. The van der Waals surface area contributed by atoms with E-state index in [4.69, 9.17) is 0 Å². The van der Waals surface area contributed by atoms with Gasteiger partial charge < -0.3 is 9.88 Å². The summed E-state index contributed by atoms with van der Waals surface area (Å²) in [5, 5.41) is 12.0. The number of nitrogens with zero attached hydrogens (tertiary/aromatic N) is 3. The number of fused-ring (bicyclic) bond motifs is 1. The zero-order valence-corrected chi connectivity index (χ0v) is 15.9. The number of aromatic nitrogens is 3. The van der Waals surface area contributed by atoms with Crippen molar-refractivity contribution in [1.29, 1.82) is 0 Å². The van der Waals surface area contributed by atoms with Crippen LogP contribution in [0, 0.1) is 0 Å². The molecule has 3 aromatic rings. The van der Waals surface area contributed by atoms with Crippen LogP contribution in [-0.4, -0.2) is 20.7 Å². The van der Waals surface area contributed by atoms with Gasteiger partial charge in [0, 0.05) is 24.2 Å². The van der Waals surface area contributed by atoms with E-state index >= 15 is 0 Å². The Bertz CT molecular complexity index is 1000. The van der Waals surface area contributed by atoms with Gasteiger partial charge >= 0.3 is 0 Å². The van der Waals surface area contributed by atoms with Crippen LogP contribution in [0.4, 0.5) is 5.69 Å². The maximum absolute atomic E-state index is 13.0. The Morgan fingerprint density at radius 3 is 2.64 bits per heavy atom. The van der Waals surface area contributed by atoms with Crippen LogP contribution in [0.1, 0.15) is 43.5 Å². The first kappa shape index (κ1) is 17.2. The van der Waals surface area contributed by atoms with E-state index < -0.39 is 0 Å². The van der Waals surface area contributed by atoms with Gasteiger partial charge in [-0.2, -0.15) is 0 Å². The molecule has 5 rings (SSSR count). The molecular weight excluding hydrogens is 348 g/mol. The molecule has 2 aromatic carbocycles. The minimum Gasteiger partial charge on any atom is -0.325 e. The second-order valence-corrected chi connectivity index (χ2v) is 7.89. The fraction of sp³-hybridized carbons (Fsp3) is 0.348. The van der Waals surface area contributed by atoms with Gasteiger partial charge in [0.05, 0.1) is 5.41 Å². The molecule has 2 heterocycles. The summed E-state index contributed by atoms with van der Waals surface area (Å²) in [6, 6.07) is 18.1. The van der Waals surface area contributed by atoms with E-state index in [-0.39, 0.29) is 11.3 Å². The summed E-state index contributed by atoms with van der Waals surface area (Å²) in [6.07, 6.45) is 6.37. The maximum atomic E-state index is 13.0. The molecule has 1 N–H and O–H groups in total. The molecule has 28 heavy (non-hydrogen) atoms. The molecule has 0 spiro atoms. The Hall–Kier alpha value is -2.95. The monoisotopic (exact) mass is 372 g/mol. The average Bonchev–Trinajstić information content (AvgIpc) is 3.50. The van der Waals surface area contributed by atoms with Crippen molar-refractivity contribution in [2.24, 2.45) is 0 Å². The summed E-state index contributed by atoms with van der Waals surface area (Å²) in [7, 11) is 0. The van der Waals surface area contributed by atoms with Crippen molar-refractivity contribution in [2.45, 2.75) is 50.5 Å². The average molecular weight is 372 g/mol. The van der Waals surface area contributed by atoms with E-state index in [1.54, 1.807) is 0 Å². The fourth-order valence-electron chi connectivity index (χ4n) is 4.21. The van der Waals surface area contributed by atoms with E-state index in [1.807, 2.05) is 42.5 Å². The second-order valence-electron chi connectivity index (χ2n) is 7.89. The molecule has 1 aliphatic carbocycles. The van der Waals surface area contributed by atoms with Gasteiger partial charge in [-0.05, 0) is 43.4 Å². The first-order valence-corrected chi connectivity index (χ1v) is 10.2. The maximum Gasteiger partial charge on any atom is 0.235 e. The van der Waals surface area contributed by atoms with Gasteiger partial charge in [-0.25, -0.2) is 0 Å². The lowest BCUT2D eigenvalue weighted by Gasteiger charge is -2.16. The lowest BCUT2D eigenvalue weighted by atomic mass is 9.95. The van der Waals surface area contributed by atoms with Crippen LogP contribution >= 0.6 is 0 Å². The van der Waals surface area contributed by atoms with E-state index in [0.29, 0.717) is 0 Å². The SMILES string of the molecule is O=C(Nc1cccc(-c2nnc3n2CCCCC3)c1)C1(c2ccccc2)CC1. The van der Waals surface area contributed by atoms with Crippen LogP contribution in [0.25, 0.3) is 11.4 Å². The highest BCUT2D eigenvalue weighted by Crippen LogP contribution is 2.49. The van der Waals surface area contributed by atoms with Crippen LogP contribution < -0.4 is 5.32 Å². The van der Waals surface area contributed by atoms with Gasteiger partial charge in [-0.3, -0.25) is 4.79 Å². The molecule has 1 saturated carbocycles. The molecule has 0 bridgehead atoms. The quantitative estimate of drug-likeness (QED) is 0.741. The minimum atomic E-state index is -0.372. The number of carbonyl (C=O) groups is 1. The Balaban J connectivity index is 1.40. The van der Waals surface area contributed by atoms with Gasteiger partial charge in [0.1, 0.15) is 5.82 Å². The molecular formula is C23H24N4O. The number of benzene rings is 2. The number of carbonyl (C=O) groups excluding carboxylic acids is 1. The molecule has 1 aliphatic heterocycles. The Kier molecular flexibility index (Phi) is 4.23. The van der Waals surface area contributed by atoms with Crippen molar-refractivity contribution < 1.29 is 4.79 Å². The largest absolute Gasteiger partial charge is 0.325 e. The molecule has 5 heteroatoms. The van der Waals surface area contributed by atoms with E-state index in [2.05, 4.69) is 32.2 Å². The summed E-state index contributed by atoms with van der Waals surface area (Å²) in [4.78, 5) is 13.0. The van der Waals surface area contributed by atoms with Crippen LogP contribution in [-0.2, 0) is 23.2 Å². The fourth-order valence-corrected chi connectivity index (χ4v) is 4.21. The molecule has 0 unspecified atom stereocenters. The van der Waals surface area contributed by atoms with Gasteiger partial charge in [0.2, 0.25) is 5.91 Å². The predicted octanol–water partition coefficient (Wildman–Crippen LogP) is 4.34. The summed E-state index contributed by atoms with van der Waals surface area (Å²) in [6.45, 7) is 0.964. The predicted molar refractivity (Wildman–Crippen MR) is 109 cm³/mol. The number of hydrogen-bond donors (Lipinski definition) is 1. The molecule has 0 atom stereocenters. The van der Waals surface area contributed by atoms with Gasteiger partial charge in [0.15, 0.2) is 5.82 Å². The minimum absolute atomic E-state index is 0.0796. The Labute approximate surface area is 164 Å². The molecule has 5 nitrogen and oxygen atoms in total. The Morgan fingerprint density at radius 2 is 1.82 bits per heavy atom. The molecule has 0 saturated heterocycles. The highest BCUT2D eigenvalue weighted by Gasteiger charge is 2.51. The van der Waals surface area contributed by atoms with Gasteiger partial charge in [0.25, 0.3) is 0 Å². The van der Waals surface area contributed by atoms with E-state index in [9.17, 15) is 4.79 Å². The third-order valence-corrected chi connectivity index (χ3v) is 6.00. The number of amides is 1. The number of rotatable bonds is 4. The van der Waals surface area contributed by atoms with Crippen LogP contribution in [0.5, 0.6) is 0 Å². The molecule has 0 radical (unpaired) electrons. The van der Waals surface area contributed by atoms with Crippen molar-refractivity contribution >= 4 is 11.6 Å². The lowest BCUT2D eigenvalue weighted by molar-refractivity contribution is -0.118. The van der Waals surface area contributed by atoms with Gasteiger partial charge in [-0.15, -0.1) is 10.2 Å². The lowest BCUT2D eigenvalue weighted by Crippen LogP contribution is -2.27. The van der Waals surface area contributed by atoms with Crippen molar-refractivity contribution in [3.8, 4) is 11.4 Å². The summed E-state index contributed by atoms with van der Waals surface area (Å²) < 4.78 is 2.24. The third kappa shape index (κ3) is 3.01. The zero-order chi connectivity index (χ0) is 19.0. The van der Waals surface area contributed by atoms with E-state index in [1.165, 1.54) is 12.8 Å². The van der Waals surface area contributed by atoms with Crippen LogP contribution in [0.3, 0.4) is 0 Å². The standard InChI is InChI=1S/C23H24N4O/c28-22(23(13-14-23)18-9-3-1-4-10-18)24-19-11-7-8-17(16-19)21-26-25-20-12-5-2-6-15-27(20)21/h1,3-4,7-11,16H,2,5-6,12-15H2,(H,24,28). The number of anilines is 1. The number of nitrogens with one attached hydrogen (secondary N) is 1. The smallest absolute Gasteiger partial charge is 0.235 e. The first-order chi connectivity index (χ1) is 13.8. The van der Waals surface area contributed by atoms with Crippen LogP contribution in [0.15, 0.2) is 54.6 Å². The summed E-state index contributed by atoms with van der Waals surface area (Å²) >= 11 is 0. The molecule has 2 aliphatic rings. The normalized spacial score (nSPS) is 17.4. The van der Waals surface area contributed by atoms with Crippen molar-refractivity contribution in [1.82, 2.24) is 14.8 Å². The van der Waals surface area contributed by atoms with Crippen molar-refractivity contribution in [3.63, 3.8) is 0 Å². The highest BCUT2D eigenvalue weighted by molar-refractivity contribution is 6.01. The number of aryl methyl sites for hydroxylation is 1. The topological polar surface area (TPSA) is 59.8 Å². The molecule has 1 aromatic heterocycles. The highest BCUT2D eigenvalue weighted by atomic mass is 16.2. The van der Waals surface area contributed by atoms with E-state index in [0.717, 1.165) is 60.7 Å². The van der Waals surface area contributed by atoms with Crippen LogP contribution in [0.2, 0.25) is 0 Å². The van der Waals surface area contributed by atoms with Crippen molar-refractivity contribution in [3.05, 3.63) is 66.0 Å². The zero-order valence-electron chi connectivity index (χ0n) is 15.9. The van der Waals surface area contributed by atoms with Gasteiger partial charge in [-0.1, -0.05) is 48.9 Å².